The zero-order valence-electron chi connectivity index (χ0n) is 11.2. The molecule has 2 heterocycles. The van der Waals surface area contributed by atoms with E-state index in [2.05, 4.69) is 10.3 Å². The van der Waals surface area contributed by atoms with Gasteiger partial charge in [-0.3, -0.25) is 9.69 Å². The minimum absolute atomic E-state index is 0.0147. The van der Waals surface area contributed by atoms with Gasteiger partial charge in [-0.15, -0.1) is 11.3 Å². The van der Waals surface area contributed by atoms with E-state index in [9.17, 15) is 18.0 Å². The minimum atomic E-state index is -4.32. The number of ether oxygens (including phenoxy) is 1. The molecule has 0 aliphatic carbocycles. The zero-order chi connectivity index (χ0) is 15.3. The van der Waals surface area contributed by atoms with Crippen LogP contribution in [0.25, 0.3) is 0 Å². The fourth-order valence-electron chi connectivity index (χ4n) is 2.09. The van der Waals surface area contributed by atoms with E-state index in [1.54, 1.807) is 6.20 Å². The van der Waals surface area contributed by atoms with Gasteiger partial charge in [0.15, 0.2) is 0 Å². The van der Waals surface area contributed by atoms with E-state index in [1.807, 2.05) is 5.38 Å². The molecule has 21 heavy (non-hydrogen) atoms. The monoisotopic (exact) mass is 323 g/mol. The zero-order valence-corrected chi connectivity index (χ0v) is 12.0. The van der Waals surface area contributed by atoms with E-state index in [0.717, 1.165) is 9.91 Å². The van der Waals surface area contributed by atoms with Crippen molar-refractivity contribution in [1.29, 1.82) is 0 Å². The molecule has 1 aromatic heterocycles. The first-order valence-corrected chi connectivity index (χ1v) is 7.38. The van der Waals surface area contributed by atoms with Crippen molar-refractivity contribution in [3.63, 3.8) is 0 Å². The molecule has 1 aromatic rings. The Bertz CT molecular complexity index is 453. The molecule has 5 nitrogen and oxygen atoms in total. The second kappa shape index (κ2) is 7.19. The SMILES string of the molecule is O=C(NCCc1nccs1)[C@@H]1COCCN1CC(F)(F)F. The Hall–Kier alpha value is -1.19. The molecule has 0 aromatic carbocycles. The molecule has 0 bridgehead atoms. The molecule has 1 saturated heterocycles. The van der Waals surface area contributed by atoms with Crippen LogP contribution in [0, 0.1) is 0 Å². The summed E-state index contributed by atoms with van der Waals surface area (Å²) in [4.78, 5) is 17.2. The van der Waals surface area contributed by atoms with E-state index in [0.29, 0.717) is 13.0 Å². The van der Waals surface area contributed by atoms with Crippen LogP contribution in [0.3, 0.4) is 0 Å². The number of morpholine rings is 1. The van der Waals surface area contributed by atoms with Gasteiger partial charge in [0.2, 0.25) is 5.91 Å². The maximum atomic E-state index is 12.5. The van der Waals surface area contributed by atoms with Crippen molar-refractivity contribution < 1.29 is 22.7 Å². The second-order valence-electron chi connectivity index (χ2n) is 4.64. The predicted octanol–water partition coefficient (Wildman–Crippen LogP) is 1.06. The molecular formula is C12H16F3N3O2S. The van der Waals surface area contributed by atoms with Crippen molar-refractivity contribution in [2.24, 2.45) is 0 Å². The number of alkyl halides is 3. The summed E-state index contributed by atoms with van der Waals surface area (Å²) in [6.45, 7) is -0.453. The Morgan fingerprint density at radius 1 is 1.57 bits per heavy atom. The molecule has 1 aliphatic heterocycles. The van der Waals surface area contributed by atoms with Gasteiger partial charge in [-0.1, -0.05) is 0 Å². The largest absolute Gasteiger partial charge is 0.401 e. The fourth-order valence-corrected chi connectivity index (χ4v) is 2.71. The van der Waals surface area contributed by atoms with Crippen LogP contribution in [0.5, 0.6) is 0 Å². The lowest BCUT2D eigenvalue weighted by Crippen LogP contribution is -2.56. The second-order valence-corrected chi connectivity index (χ2v) is 5.62. The van der Waals surface area contributed by atoms with Gasteiger partial charge in [-0.05, 0) is 0 Å². The highest BCUT2D eigenvalue weighted by molar-refractivity contribution is 7.09. The third-order valence-electron chi connectivity index (χ3n) is 3.05. The number of carbonyl (C=O) groups excluding carboxylic acids is 1. The molecule has 1 aliphatic rings. The van der Waals surface area contributed by atoms with Gasteiger partial charge in [0.25, 0.3) is 0 Å². The summed E-state index contributed by atoms with van der Waals surface area (Å²) in [6.07, 6.45) is -2.09. The molecule has 2 rings (SSSR count). The summed E-state index contributed by atoms with van der Waals surface area (Å²) in [5.41, 5.74) is 0. The molecule has 1 fully saturated rings. The summed E-state index contributed by atoms with van der Waals surface area (Å²) in [7, 11) is 0. The molecule has 0 spiro atoms. The number of nitrogens with one attached hydrogen (secondary N) is 1. The summed E-state index contributed by atoms with van der Waals surface area (Å²) in [5, 5.41) is 5.35. The van der Waals surface area contributed by atoms with Crippen molar-refractivity contribution >= 4 is 17.2 Å². The summed E-state index contributed by atoms with van der Waals surface area (Å²) < 4.78 is 42.6. The molecule has 0 unspecified atom stereocenters. The summed E-state index contributed by atoms with van der Waals surface area (Å²) in [6, 6.07) is -0.892. The van der Waals surface area contributed by atoms with Crippen molar-refractivity contribution in [2.75, 3.05) is 32.8 Å². The van der Waals surface area contributed by atoms with Crippen LogP contribution in [0.1, 0.15) is 5.01 Å². The number of hydrogen-bond donors (Lipinski definition) is 1. The first-order valence-electron chi connectivity index (χ1n) is 6.50. The van der Waals surface area contributed by atoms with Crippen LogP contribution in [0.15, 0.2) is 11.6 Å². The van der Waals surface area contributed by atoms with E-state index in [-0.39, 0.29) is 19.8 Å². The average molecular weight is 323 g/mol. The lowest BCUT2D eigenvalue weighted by Gasteiger charge is -2.34. The number of carbonyl (C=O) groups is 1. The molecular weight excluding hydrogens is 307 g/mol. The lowest BCUT2D eigenvalue weighted by atomic mass is 10.2. The first kappa shape index (κ1) is 16.2. The van der Waals surface area contributed by atoms with Crippen LogP contribution >= 0.6 is 11.3 Å². The van der Waals surface area contributed by atoms with Gasteiger partial charge in [-0.2, -0.15) is 13.2 Å². The lowest BCUT2D eigenvalue weighted by molar-refractivity contribution is -0.166. The molecule has 1 N–H and O–H groups in total. The number of amides is 1. The number of nitrogens with zero attached hydrogens (tertiary/aromatic N) is 2. The predicted molar refractivity (Wildman–Crippen MR) is 71.1 cm³/mol. The van der Waals surface area contributed by atoms with Crippen LogP contribution in [-0.2, 0) is 16.0 Å². The number of rotatable bonds is 5. The van der Waals surface area contributed by atoms with Crippen molar-refractivity contribution in [2.45, 2.75) is 18.6 Å². The van der Waals surface area contributed by atoms with E-state index in [4.69, 9.17) is 4.74 Å². The van der Waals surface area contributed by atoms with Gasteiger partial charge in [0, 0.05) is 31.1 Å². The van der Waals surface area contributed by atoms with Crippen molar-refractivity contribution in [3.8, 4) is 0 Å². The van der Waals surface area contributed by atoms with E-state index in [1.165, 1.54) is 11.3 Å². The number of hydrogen-bond acceptors (Lipinski definition) is 5. The highest BCUT2D eigenvalue weighted by Crippen LogP contribution is 2.19. The normalized spacial score (nSPS) is 20.4. The van der Waals surface area contributed by atoms with Crippen LogP contribution in [0.4, 0.5) is 13.2 Å². The number of aromatic nitrogens is 1. The number of thiazole rings is 1. The third kappa shape index (κ3) is 5.25. The van der Waals surface area contributed by atoms with Crippen molar-refractivity contribution in [1.82, 2.24) is 15.2 Å². The smallest absolute Gasteiger partial charge is 0.378 e. The van der Waals surface area contributed by atoms with Crippen LogP contribution in [0.2, 0.25) is 0 Å². The standard InChI is InChI=1S/C12H16F3N3O2S/c13-12(14,15)8-18-4-5-20-7-9(18)11(19)17-2-1-10-16-3-6-21-10/h3,6,9H,1-2,4-5,7-8H2,(H,17,19)/t9-/m0/s1. The van der Waals surface area contributed by atoms with Gasteiger partial charge in [-0.25, -0.2) is 4.98 Å². The van der Waals surface area contributed by atoms with Crippen molar-refractivity contribution in [3.05, 3.63) is 16.6 Å². The molecule has 118 valence electrons. The minimum Gasteiger partial charge on any atom is -0.378 e. The fraction of sp³-hybridized carbons (Fsp3) is 0.667. The van der Waals surface area contributed by atoms with Gasteiger partial charge in [0.05, 0.1) is 24.8 Å². The Morgan fingerprint density at radius 2 is 2.38 bits per heavy atom. The van der Waals surface area contributed by atoms with E-state index < -0.39 is 24.7 Å². The first-order chi connectivity index (χ1) is 9.96. The Morgan fingerprint density at radius 3 is 3.05 bits per heavy atom. The van der Waals surface area contributed by atoms with Gasteiger partial charge >= 0.3 is 6.18 Å². The van der Waals surface area contributed by atoms with Gasteiger partial charge < -0.3 is 10.1 Å². The molecule has 0 saturated carbocycles. The number of halogens is 3. The highest BCUT2D eigenvalue weighted by Gasteiger charge is 2.37. The van der Waals surface area contributed by atoms with Crippen LogP contribution < -0.4 is 5.32 Å². The third-order valence-corrected chi connectivity index (χ3v) is 3.89. The summed E-state index contributed by atoms with van der Waals surface area (Å²) in [5.74, 6) is -0.435. The average Bonchev–Trinajstić information content (AvgIpc) is 2.90. The van der Waals surface area contributed by atoms with Gasteiger partial charge in [0.1, 0.15) is 6.04 Å². The molecule has 1 amide bonds. The Labute approximate surface area is 124 Å². The Balaban J connectivity index is 1.83. The topological polar surface area (TPSA) is 54.5 Å². The molecule has 0 radical (unpaired) electrons. The van der Waals surface area contributed by atoms with E-state index >= 15 is 0 Å². The maximum Gasteiger partial charge on any atom is 0.401 e. The van der Waals surface area contributed by atoms with Crippen LogP contribution in [-0.4, -0.2) is 60.9 Å². The molecule has 9 heteroatoms. The quantitative estimate of drug-likeness (QED) is 0.880. The highest BCUT2D eigenvalue weighted by atomic mass is 32.1. The molecule has 1 atom stereocenters. The maximum absolute atomic E-state index is 12.5. The summed E-state index contributed by atoms with van der Waals surface area (Å²) >= 11 is 1.47. The Kier molecular flexibility index (Phi) is 5.54.